The summed E-state index contributed by atoms with van der Waals surface area (Å²) in [5, 5.41) is 11.6. The van der Waals surface area contributed by atoms with Crippen LogP contribution in [0.2, 0.25) is 0 Å². The van der Waals surface area contributed by atoms with E-state index in [0.29, 0.717) is 14.9 Å². The zero-order chi connectivity index (χ0) is 17.5. The summed E-state index contributed by atoms with van der Waals surface area (Å²) in [6, 6.07) is 16.1. The maximum atomic E-state index is 12.3. The standard InChI is InChI=1S/C18H14BrNO3S/c19-15-9-5-4-8-14(15)18(23)20-13(11-17(21)22)10-16(24)12-6-2-1-3-7-12/h1-11,24H,(H,20,23)(H,21,22)/b13-11-,16-10-. The lowest BCUT2D eigenvalue weighted by Crippen LogP contribution is -2.23. The van der Waals surface area contributed by atoms with E-state index < -0.39 is 11.9 Å². The van der Waals surface area contributed by atoms with Gasteiger partial charge in [0.1, 0.15) is 0 Å². The highest BCUT2D eigenvalue weighted by Crippen LogP contribution is 2.20. The number of thiol groups is 1. The van der Waals surface area contributed by atoms with Crippen LogP contribution in [0.3, 0.4) is 0 Å². The molecule has 122 valence electrons. The lowest BCUT2D eigenvalue weighted by molar-refractivity contribution is -0.131. The molecule has 0 aliphatic rings. The number of aliphatic carboxylic acids is 1. The molecule has 2 aromatic carbocycles. The van der Waals surface area contributed by atoms with E-state index in [4.69, 9.17) is 5.11 Å². The number of hydrogen-bond acceptors (Lipinski definition) is 3. The van der Waals surface area contributed by atoms with Gasteiger partial charge in [-0.25, -0.2) is 4.79 Å². The number of carbonyl (C=O) groups excluding carboxylic acids is 1. The number of hydrogen-bond donors (Lipinski definition) is 3. The lowest BCUT2D eigenvalue weighted by Gasteiger charge is -2.09. The normalized spacial score (nSPS) is 11.9. The SMILES string of the molecule is O=C(O)/C=C(/C=C(\S)c1ccccc1)NC(=O)c1ccccc1Br. The van der Waals surface area contributed by atoms with Crippen LogP contribution in [0, 0.1) is 0 Å². The smallest absolute Gasteiger partial charge is 0.330 e. The number of nitrogens with one attached hydrogen (secondary N) is 1. The van der Waals surface area contributed by atoms with Crippen molar-refractivity contribution < 1.29 is 14.7 Å². The summed E-state index contributed by atoms with van der Waals surface area (Å²) < 4.78 is 0.621. The zero-order valence-electron chi connectivity index (χ0n) is 12.4. The maximum Gasteiger partial charge on any atom is 0.330 e. The number of rotatable bonds is 5. The van der Waals surface area contributed by atoms with Gasteiger partial charge in [-0.1, -0.05) is 42.5 Å². The van der Waals surface area contributed by atoms with Gasteiger partial charge in [0.15, 0.2) is 0 Å². The Kier molecular flexibility index (Phi) is 6.40. The third kappa shape index (κ3) is 5.11. The Morgan fingerprint density at radius 1 is 1.00 bits per heavy atom. The Labute approximate surface area is 153 Å². The van der Waals surface area contributed by atoms with Crippen molar-refractivity contribution >= 4 is 45.3 Å². The largest absolute Gasteiger partial charge is 0.478 e. The summed E-state index contributed by atoms with van der Waals surface area (Å²) in [4.78, 5) is 23.9. The molecule has 0 spiro atoms. The van der Waals surface area contributed by atoms with Crippen molar-refractivity contribution in [1.82, 2.24) is 5.32 Å². The van der Waals surface area contributed by atoms with Gasteiger partial charge in [0, 0.05) is 21.2 Å². The molecule has 6 heteroatoms. The zero-order valence-corrected chi connectivity index (χ0v) is 14.9. The highest BCUT2D eigenvalue weighted by Gasteiger charge is 2.11. The average Bonchev–Trinajstić information content (AvgIpc) is 2.55. The monoisotopic (exact) mass is 403 g/mol. The summed E-state index contributed by atoms with van der Waals surface area (Å²) in [5.41, 5.74) is 1.35. The summed E-state index contributed by atoms with van der Waals surface area (Å²) in [5.74, 6) is -1.58. The summed E-state index contributed by atoms with van der Waals surface area (Å²) in [6.45, 7) is 0. The minimum absolute atomic E-state index is 0.136. The number of carboxylic acid groups (broad SMARTS) is 1. The molecule has 0 heterocycles. The summed E-state index contributed by atoms with van der Waals surface area (Å²) in [6.07, 6.45) is 2.43. The topological polar surface area (TPSA) is 66.4 Å². The van der Waals surface area contributed by atoms with Crippen LogP contribution in [0.5, 0.6) is 0 Å². The molecule has 0 unspecified atom stereocenters. The molecule has 0 fully saturated rings. The molecule has 2 aromatic rings. The Hall–Kier alpha value is -2.31. The van der Waals surface area contributed by atoms with E-state index in [1.165, 1.54) is 6.08 Å². The fourth-order valence-corrected chi connectivity index (χ4v) is 2.68. The quantitative estimate of drug-likeness (QED) is 0.399. The first-order chi connectivity index (χ1) is 11.5. The molecule has 2 N–H and O–H groups in total. The predicted octanol–water partition coefficient (Wildman–Crippen LogP) is 4.12. The molecule has 0 aliphatic carbocycles. The van der Waals surface area contributed by atoms with Gasteiger partial charge in [-0.3, -0.25) is 4.79 Å². The van der Waals surface area contributed by atoms with Crippen LogP contribution in [-0.2, 0) is 4.79 Å². The van der Waals surface area contributed by atoms with Crippen molar-refractivity contribution in [3.05, 3.63) is 88.0 Å². The fourth-order valence-electron chi connectivity index (χ4n) is 1.93. The third-order valence-electron chi connectivity index (χ3n) is 3.02. The van der Waals surface area contributed by atoms with Crippen LogP contribution >= 0.6 is 28.6 Å². The lowest BCUT2D eigenvalue weighted by atomic mass is 10.1. The summed E-state index contributed by atoms with van der Waals surface area (Å²) in [7, 11) is 0. The van der Waals surface area contributed by atoms with Gasteiger partial charge in [0.05, 0.1) is 5.56 Å². The number of carbonyl (C=O) groups is 2. The van der Waals surface area contributed by atoms with Gasteiger partial charge in [0.2, 0.25) is 0 Å². The van der Waals surface area contributed by atoms with Crippen molar-refractivity contribution in [2.45, 2.75) is 0 Å². The van der Waals surface area contributed by atoms with Gasteiger partial charge in [0.25, 0.3) is 5.91 Å². The fraction of sp³-hybridized carbons (Fsp3) is 0. The molecule has 0 saturated carbocycles. The first-order valence-electron chi connectivity index (χ1n) is 6.94. The highest BCUT2D eigenvalue weighted by atomic mass is 79.9. The van der Waals surface area contributed by atoms with Crippen molar-refractivity contribution in [3.8, 4) is 0 Å². The van der Waals surface area contributed by atoms with Crippen LogP contribution in [0.15, 0.2) is 76.9 Å². The minimum Gasteiger partial charge on any atom is -0.478 e. The van der Waals surface area contributed by atoms with E-state index in [1.54, 1.807) is 24.3 Å². The van der Waals surface area contributed by atoms with Gasteiger partial charge in [-0.15, -0.1) is 12.6 Å². The Balaban J connectivity index is 2.29. The molecule has 2 rings (SSSR count). The van der Waals surface area contributed by atoms with Crippen molar-refractivity contribution in [3.63, 3.8) is 0 Å². The van der Waals surface area contributed by atoms with E-state index in [1.807, 2.05) is 30.3 Å². The van der Waals surface area contributed by atoms with Crippen LogP contribution < -0.4 is 5.32 Å². The number of benzene rings is 2. The molecule has 0 atom stereocenters. The molecule has 4 nitrogen and oxygen atoms in total. The van der Waals surface area contributed by atoms with Crippen LogP contribution in [-0.4, -0.2) is 17.0 Å². The van der Waals surface area contributed by atoms with Crippen molar-refractivity contribution in [2.75, 3.05) is 0 Å². The van der Waals surface area contributed by atoms with Gasteiger partial charge in [-0.05, 0) is 39.7 Å². The van der Waals surface area contributed by atoms with Crippen LogP contribution in [0.1, 0.15) is 15.9 Å². The van der Waals surface area contributed by atoms with Crippen LogP contribution in [0.4, 0.5) is 0 Å². The number of allylic oxidation sites excluding steroid dienone is 1. The highest BCUT2D eigenvalue weighted by molar-refractivity contribution is 9.10. The Bertz CT molecular complexity index is 816. The Morgan fingerprint density at radius 2 is 1.62 bits per heavy atom. The molecular formula is C18H14BrNO3S. The summed E-state index contributed by atoms with van der Waals surface area (Å²) >= 11 is 7.68. The van der Waals surface area contributed by atoms with Gasteiger partial charge >= 0.3 is 5.97 Å². The Morgan fingerprint density at radius 3 is 2.25 bits per heavy atom. The second-order valence-corrected chi connectivity index (χ2v) is 6.10. The van der Waals surface area contributed by atoms with E-state index in [0.717, 1.165) is 11.6 Å². The number of amides is 1. The maximum absolute atomic E-state index is 12.3. The van der Waals surface area contributed by atoms with E-state index in [2.05, 4.69) is 33.9 Å². The minimum atomic E-state index is -1.16. The average molecular weight is 404 g/mol. The van der Waals surface area contributed by atoms with Crippen molar-refractivity contribution in [1.29, 1.82) is 0 Å². The number of halogens is 1. The molecule has 0 saturated heterocycles. The second-order valence-electron chi connectivity index (χ2n) is 4.77. The second kappa shape index (κ2) is 8.52. The molecule has 0 radical (unpaired) electrons. The van der Waals surface area contributed by atoms with Gasteiger partial charge < -0.3 is 10.4 Å². The molecule has 0 aromatic heterocycles. The van der Waals surface area contributed by atoms with E-state index >= 15 is 0 Å². The molecule has 24 heavy (non-hydrogen) atoms. The first kappa shape index (κ1) is 18.0. The van der Waals surface area contributed by atoms with Gasteiger partial charge in [-0.2, -0.15) is 0 Å². The van der Waals surface area contributed by atoms with Crippen LogP contribution in [0.25, 0.3) is 4.91 Å². The molecule has 0 aliphatic heterocycles. The van der Waals surface area contributed by atoms with Crippen molar-refractivity contribution in [2.24, 2.45) is 0 Å². The van der Waals surface area contributed by atoms with E-state index in [-0.39, 0.29) is 5.70 Å². The number of carboxylic acids is 1. The van der Waals surface area contributed by atoms with E-state index in [9.17, 15) is 9.59 Å². The molecular weight excluding hydrogens is 390 g/mol. The first-order valence-corrected chi connectivity index (χ1v) is 8.18. The molecule has 0 bridgehead atoms. The molecule has 1 amide bonds. The third-order valence-corrected chi connectivity index (χ3v) is 4.10. The predicted molar refractivity (Wildman–Crippen MR) is 101 cm³/mol.